The lowest BCUT2D eigenvalue weighted by molar-refractivity contribution is 0.154. The number of benzene rings is 2. The summed E-state index contributed by atoms with van der Waals surface area (Å²) in [5.74, 6) is 2.44. The van der Waals surface area contributed by atoms with Gasteiger partial charge in [-0.2, -0.15) is 0 Å². The molecule has 2 aliphatic heterocycles. The molecule has 2 aliphatic rings. The van der Waals surface area contributed by atoms with E-state index >= 15 is 0 Å². The minimum Gasteiger partial charge on any atom is -0.482 e. The van der Waals surface area contributed by atoms with Crippen molar-refractivity contribution in [2.45, 2.75) is 13.0 Å². The third-order valence-electron chi connectivity index (χ3n) is 5.80. The first-order valence-corrected chi connectivity index (χ1v) is 9.72. The average Bonchev–Trinajstić information content (AvgIpc) is 3.31. The van der Waals surface area contributed by atoms with Crippen molar-refractivity contribution in [3.63, 3.8) is 0 Å². The zero-order chi connectivity index (χ0) is 19.3. The number of methoxy groups -OCH3 is 1. The highest BCUT2D eigenvalue weighted by Gasteiger charge is 2.44. The van der Waals surface area contributed by atoms with E-state index in [1.807, 2.05) is 6.07 Å². The summed E-state index contributed by atoms with van der Waals surface area (Å²) in [5.41, 5.74) is 4.70. The van der Waals surface area contributed by atoms with Crippen molar-refractivity contribution in [1.82, 2.24) is 4.57 Å². The lowest BCUT2D eigenvalue weighted by Crippen LogP contribution is -2.38. The lowest BCUT2D eigenvalue weighted by Gasteiger charge is -2.36. The van der Waals surface area contributed by atoms with Crippen LogP contribution in [0.1, 0.15) is 17.2 Å². The van der Waals surface area contributed by atoms with Gasteiger partial charge in [0.05, 0.1) is 31.1 Å². The molecule has 3 aromatic rings. The van der Waals surface area contributed by atoms with E-state index in [4.69, 9.17) is 9.57 Å². The molecule has 2 aromatic carbocycles. The first kappa shape index (κ1) is 17.2. The Hall–Kier alpha value is -2.92. The molecule has 0 saturated carbocycles. The van der Waals surface area contributed by atoms with Crippen molar-refractivity contribution in [2.75, 3.05) is 37.3 Å². The molecule has 0 bridgehead atoms. The van der Waals surface area contributed by atoms with Gasteiger partial charge >= 0.3 is 0 Å². The third-order valence-corrected chi connectivity index (χ3v) is 5.80. The standard InChI is InChI=1S/C23H25N3O2/c1-16-9-11-18(12-10-16)25-21(27-3)13-20-22-17(14-24(2)23(20)25)15-28-26(22)19-7-5-4-6-8-19/h4-13,17,22H,14-15H2,1-3H3. The molecule has 0 spiro atoms. The monoisotopic (exact) mass is 375 g/mol. The van der Waals surface area contributed by atoms with Crippen molar-refractivity contribution in [2.24, 2.45) is 5.92 Å². The predicted molar refractivity (Wildman–Crippen MR) is 111 cm³/mol. The fraction of sp³-hybridized carbons (Fsp3) is 0.304. The zero-order valence-corrected chi connectivity index (χ0v) is 16.5. The number of hydrogen-bond donors (Lipinski definition) is 0. The summed E-state index contributed by atoms with van der Waals surface area (Å²) in [6, 6.07) is 21.3. The summed E-state index contributed by atoms with van der Waals surface area (Å²) < 4.78 is 8.01. The molecule has 1 fully saturated rings. The molecule has 144 valence electrons. The topological polar surface area (TPSA) is 29.9 Å². The Balaban J connectivity index is 1.66. The van der Waals surface area contributed by atoms with Gasteiger partial charge in [-0.25, -0.2) is 5.06 Å². The summed E-state index contributed by atoms with van der Waals surface area (Å²) in [7, 11) is 3.90. The Bertz CT molecular complexity index is 981. The summed E-state index contributed by atoms with van der Waals surface area (Å²) in [5, 5.41) is 2.08. The normalized spacial score (nSPS) is 20.8. The number of rotatable bonds is 3. The highest BCUT2D eigenvalue weighted by molar-refractivity contribution is 5.65. The maximum absolute atomic E-state index is 6.15. The molecule has 2 atom stereocenters. The van der Waals surface area contributed by atoms with Crippen molar-refractivity contribution in [3.05, 3.63) is 71.8 Å². The lowest BCUT2D eigenvalue weighted by atomic mass is 9.91. The summed E-state index contributed by atoms with van der Waals surface area (Å²) in [6.07, 6.45) is 0. The Morgan fingerprint density at radius 2 is 1.75 bits per heavy atom. The Labute approximate surface area is 165 Å². The van der Waals surface area contributed by atoms with E-state index in [0.29, 0.717) is 5.92 Å². The molecule has 0 amide bonds. The molecule has 0 aliphatic carbocycles. The van der Waals surface area contributed by atoms with Gasteiger partial charge in [0.2, 0.25) is 0 Å². The number of aromatic nitrogens is 1. The van der Waals surface area contributed by atoms with Crippen LogP contribution in [0.3, 0.4) is 0 Å². The first-order chi connectivity index (χ1) is 13.7. The van der Waals surface area contributed by atoms with Gasteiger partial charge in [0.25, 0.3) is 0 Å². The van der Waals surface area contributed by atoms with Crippen LogP contribution >= 0.6 is 0 Å². The summed E-state index contributed by atoms with van der Waals surface area (Å²) in [4.78, 5) is 8.48. The van der Waals surface area contributed by atoms with Crippen LogP contribution in [0.15, 0.2) is 60.7 Å². The Kier molecular flexibility index (Phi) is 4.05. The molecule has 0 N–H and O–H groups in total. The van der Waals surface area contributed by atoms with E-state index in [1.54, 1.807) is 7.11 Å². The number of para-hydroxylation sites is 1. The molecule has 2 unspecified atom stereocenters. The molecule has 5 nitrogen and oxygen atoms in total. The molecule has 5 rings (SSSR count). The summed E-state index contributed by atoms with van der Waals surface area (Å²) >= 11 is 0. The van der Waals surface area contributed by atoms with Crippen molar-refractivity contribution >= 4 is 11.5 Å². The van der Waals surface area contributed by atoms with Crippen LogP contribution in [0.5, 0.6) is 5.88 Å². The Morgan fingerprint density at radius 3 is 2.46 bits per heavy atom. The fourth-order valence-corrected chi connectivity index (χ4v) is 4.52. The van der Waals surface area contributed by atoms with E-state index in [1.165, 1.54) is 16.9 Å². The van der Waals surface area contributed by atoms with Crippen LogP contribution in [0.2, 0.25) is 0 Å². The smallest absolute Gasteiger partial charge is 0.199 e. The maximum Gasteiger partial charge on any atom is 0.199 e. The highest BCUT2D eigenvalue weighted by Crippen LogP contribution is 2.49. The second-order valence-corrected chi connectivity index (χ2v) is 7.68. The highest BCUT2D eigenvalue weighted by atomic mass is 16.7. The van der Waals surface area contributed by atoms with Crippen molar-refractivity contribution in [1.29, 1.82) is 0 Å². The quantitative estimate of drug-likeness (QED) is 0.681. The molecule has 1 saturated heterocycles. The third kappa shape index (κ3) is 2.58. The van der Waals surface area contributed by atoms with Crippen molar-refractivity contribution in [3.8, 4) is 11.6 Å². The van der Waals surface area contributed by atoms with Crippen molar-refractivity contribution < 1.29 is 9.57 Å². The molecule has 3 heterocycles. The molecule has 0 radical (unpaired) electrons. The van der Waals surface area contributed by atoms with Gasteiger partial charge in [0.1, 0.15) is 5.82 Å². The number of ether oxygens (including phenoxy) is 1. The Morgan fingerprint density at radius 1 is 1.00 bits per heavy atom. The fourth-order valence-electron chi connectivity index (χ4n) is 4.52. The summed E-state index contributed by atoms with van der Waals surface area (Å²) in [6.45, 7) is 3.78. The largest absolute Gasteiger partial charge is 0.482 e. The first-order valence-electron chi connectivity index (χ1n) is 9.72. The SMILES string of the molecule is COc1cc2c(n1-c1ccc(C)cc1)N(C)CC1CON(c3ccccc3)C21. The van der Waals surface area contributed by atoms with Crippen LogP contribution < -0.4 is 14.7 Å². The van der Waals surface area contributed by atoms with Gasteiger partial charge in [0, 0.05) is 31.1 Å². The van der Waals surface area contributed by atoms with Crippen LogP contribution in [-0.4, -0.2) is 31.9 Å². The van der Waals surface area contributed by atoms with Crippen LogP contribution in [0.25, 0.3) is 5.69 Å². The minimum atomic E-state index is 0.175. The van der Waals surface area contributed by atoms with E-state index in [2.05, 4.69) is 83.1 Å². The van der Waals surface area contributed by atoms with E-state index in [9.17, 15) is 0 Å². The average molecular weight is 375 g/mol. The van der Waals surface area contributed by atoms with Gasteiger partial charge in [-0.1, -0.05) is 35.9 Å². The molecule has 28 heavy (non-hydrogen) atoms. The molecular formula is C23H25N3O2. The predicted octanol–water partition coefficient (Wildman–Crippen LogP) is 4.35. The molecule has 1 aromatic heterocycles. The van der Waals surface area contributed by atoms with Gasteiger partial charge in [0.15, 0.2) is 5.88 Å². The van der Waals surface area contributed by atoms with E-state index < -0.39 is 0 Å². The van der Waals surface area contributed by atoms with Crippen LogP contribution in [0, 0.1) is 12.8 Å². The van der Waals surface area contributed by atoms with E-state index in [0.717, 1.165) is 30.4 Å². The number of hydrogen-bond acceptors (Lipinski definition) is 4. The number of aryl methyl sites for hydroxylation is 1. The van der Waals surface area contributed by atoms with Gasteiger partial charge in [-0.05, 0) is 31.2 Å². The van der Waals surface area contributed by atoms with Gasteiger partial charge < -0.3 is 9.64 Å². The minimum absolute atomic E-state index is 0.175. The number of hydroxylamine groups is 1. The van der Waals surface area contributed by atoms with E-state index in [-0.39, 0.29) is 6.04 Å². The molecule has 5 heteroatoms. The molecular weight excluding hydrogens is 350 g/mol. The second kappa shape index (κ2) is 6.60. The van der Waals surface area contributed by atoms with Crippen LogP contribution in [0.4, 0.5) is 11.5 Å². The number of fused-ring (bicyclic) bond motifs is 3. The van der Waals surface area contributed by atoms with Gasteiger partial charge in [-0.3, -0.25) is 9.40 Å². The number of nitrogens with zero attached hydrogens (tertiary/aromatic N) is 3. The van der Waals surface area contributed by atoms with Crippen LogP contribution in [-0.2, 0) is 4.84 Å². The maximum atomic E-state index is 6.15. The van der Waals surface area contributed by atoms with Gasteiger partial charge in [-0.15, -0.1) is 0 Å². The zero-order valence-electron chi connectivity index (χ0n) is 16.5. The second-order valence-electron chi connectivity index (χ2n) is 7.68. The number of anilines is 2.